The molecule has 0 radical (unpaired) electrons. The van der Waals surface area contributed by atoms with Crippen molar-refractivity contribution in [1.29, 1.82) is 0 Å². The fraction of sp³-hybridized carbons (Fsp3) is 0.200. The van der Waals surface area contributed by atoms with Gasteiger partial charge in [-0.2, -0.15) is 0 Å². The number of nitrogens with zero attached hydrogens (tertiary/aromatic N) is 1. The first kappa shape index (κ1) is 16.2. The number of fused-ring (bicyclic) bond motifs is 1. The number of hydrogen-bond donors (Lipinski definition) is 0. The molecule has 4 aromatic rings. The molecule has 1 aromatic carbocycles. The first-order chi connectivity index (χ1) is 11.9. The van der Waals surface area contributed by atoms with Gasteiger partial charge in [-0.05, 0) is 34.6 Å². The van der Waals surface area contributed by atoms with E-state index in [2.05, 4.69) is 37.9 Å². The number of rotatable bonds is 2. The summed E-state index contributed by atoms with van der Waals surface area (Å²) in [5.41, 5.74) is 2.71. The average Bonchev–Trinajstić information content (AvgIpc) is 3.23. The van der Waals surface area contributed by atoms with Gasteiger partial charge in [-0.3, -0.25) is 0 Å². The van der Waals surface area contributed by atoms with E-state index in [0.717, 1.165) is 20.8 Å². The lowest BCUT2D eigenvalue weighted by atomic mass is 9.87. The summed E-state index contributed by atoms with van der Waals surface area (Å²) >= 11 is 3.09. The molecule has 0 spiro atoms. The lowest BCUT2D eigenvalue weighted by Crippen LogP contribution is -2.10. The summed E-state index contributed by atoms with van der Waals surface area (Å²) in [5.74, 6) is 0.373. The second-order valence-corrected chi connectivity index (χ2v) is 8.75. The highest BCUT2D eigenvalue weighted by Crippen LogP contribution is 2.34. The van der Waals surface area contributed by atoms with E-state index in [4.69, 9.17) is 4.42 Å². The molecule has 3 heterocycles. The van der Waals surface area contributed by atoms with Crippen LogP contribution in [-0.4, -0.2) is 4.98 Å². The van der Waals surface area contributed by atoms with Crippen molar-refractivity contribution in [3.8, 4) is 21.9 Å². The number of aromatic nitrogens is 1. The lowest BCUT2D eigenvalue weighted by Gasteiger charge is -2.18. The summed E-state index contributed by atoms with van der Waals surface area (Å²) in [5, 5.41) is 4.55. The van der Waals surface area contributed by atoms with Crippen molar-refractivity contribution in [2.24, 2.45) is 0 Å². The summed E-state index contributed by atoms with van der Waals surface area (Å²) in [7, 11) is 0. The molecule has 0 fully saturated rings. The Morgan fingerprint density at radius 1 is 1.04 bits per heavy atom. The maximum Gasteiger partial charge on any atom is 0.348 e. The summed E-state index contributed by atoms with van der Waals surface area (Å²) in [6.45, 7) is 6.51. The Kier molecular flexibility index (Phi) is 3.85. The molecular weight excluding hydrogens is 350 g/mol. The summed E-state index contributed by atoms with van der Waals surface area (Å²) < 4.78 is 5.54. The number of thiophene rings is 2. The van der Waals surface area contributed by atoms with Crippen molar-refractivity contribution in [2.75, 3.05) is 0 Å². The predicted molar refractivity (Wildman–Crippen MR) is 106 cm³/mol. The van der Waals surface area contributed by atoms with Gasteiger partial charge < -0.3 is 4.42 Å². The molecule has 0 aliphatic carbocycles. The fourth-order valence-electron chi connectivity index (χ4n) is 2.73. The van der Waals surface area contributed by atoms with Crippen molar-refractivity contribution in [1.82, 2.24) is 4.98 Å². The van der Waals surface area contributed by atoms with Crippen LogP contribution in [0.3, 0.4) is 0 Å². The predicted octanol–water partition coefficient (Wildman–Crippen LogP) is 5.94. The second-order valence-electron chi connectivity index (χ2n) is 6.94. The summed E-state index contributed by atoms with van der Waals surface area (Å²) in [6.07, 6.45) is 0. The first-order valence-electron chi connectivity index (χ1n) is 8.00. The van der Waals surface area contributed by atoms with E-state index < -0.39 is 0 Å². The van der Waals surface area contributed by atoms with Gasteiger partial charge in [-0.1, -0.05) is 39.0 Å². The van der Waals surface area contributed by atoms with Crippen LogP contribution in [0.25, 0.3) is 32.1 Å². The summed E-state index contributed by atoms with van der Waals surface area (Å²) in [6, 6.07) is 12.0. The third-order valence-electron chi connectivity index (χ3n) is 4.15. The Bertz CT molecular complexity index is 1080. The highest BCUT2D eigenvalue weighted by Gasteiger charge is 2.17. The van der Waals surface area contributed by atoms with Gasteiger partial charge >= 0.3 is 5.63 Å². The molecule has 5 heteroatoms. The third-order valence-corrected chi connectivity index (χ3v) is 5.93. The first-order valence-corrected chi connectivity index (χ1v) is 9.76. The van der Waals surface area contributed by atoms with E-state index in [-0.39, 0.29) is 11.0 Å². The molecule has 0 bridgehead atoms. The van der Waals surface area contributed by atoms with E-state index in [1.54, 1.807) is 11.3 Å². The van der Waals surface area contributed by atoms with Crippen LogP contribution in [0.5, 0.6) is 0 Å². The van der Waals surface area contributed by atoms with Gasteiger partial charge in [0.2, 0.25) is 5.89 Å². The van der Waals surface area contributed by atoms with Crippen molar-refractivity contribution in [3.63, 3.8) is 0 Å². The molecule has 3 nitrogen and oxygen atoms in total. The minimum absolute atomic E-state index is 0.0834. The van der Waals surface area contributed by atoms with Gasteiger partial charge in [-0.15, -0.1) is 22.7 Å². The van der Waals surface area contributed by atoms with Crippen molar-refractivity contribution in [3.05, 3.63) is 63.1 Å². The maximum absolute atomic E-state index is 12.6. The number of hydrogen-bond acceptors (Lipinski definition) is 5. The van der Waals surface area contributed by atoms with Crippen LogP contribution >= 0.6 is 22.7 Å². The van der Waals surface area contributed by atoms with Crippen LogP contribution < -0.4 is 5.63 Å². The van der Waals surface area contributed by atoms with E-state index >= 15 is 0 Å². The van der Waals surface area contributed by atoms with Crippen LogP contribution in [0, 0.1) is 0 Å². The molecule has 0 unspecified atom stereocenters. The van der Waals surface area contributed by atoms with E-state index in [0.29, 0.717) is 11.3 Å². The highest BCUT2D eigenvalue weighted by molar-refractivity contribution is 7.18. The smallest absolute Gasteiger partial charge is 0.348 e. The third kappa shape index (κ3) is 2.94. The Morgan fingerprint density at radius 3 is 2.44 bits per heavy atom. The molecule has 126 valence electrons. The Morgan fingerprint density at radius 2 is 1.80 bits per heavy atom. The summed E-state index contributed by atoms with van der Waals surface area (Å²) in [4.78, 5) is 18.9. The second kappa shape index (κ2) is 5.93. The van der Waals surface area contributed by atoms with Gasteiger partial charge in [-0.25, -0.2) is 9.78 Å². The van der Waals surface area contributed by atoms with Crippen LogP contribution in [0.2, 0.25) is 0 Å². The molecule has 25 heavy (non-hydrogen) atoms. The van der Waals surface area contributed by atoms with Gasteiger partial charge in [0.15, 0.2) is 0 Å². The molecule has 0 amide bonds. The number of benzene rings is 1. The Labute approximate surface area is 153 Å². The van der Waals surface area contributed by atoms with Crippen LogP contribution in [-0.2, 0) is 5.41 Å². The molecule has 0 aliphatic rings. The SMILES string of the molecule is CC(C)(C)c1ccc(-c2nc3scc(-c4cccs4)c3c(=O)o2)cc1. The molecule has 0 N–H and O–H groups in total. The van der Waals surface area contributed by atoms with Gasteiger partial charge in [0.25, 0.3) is 0 Å². The van der Waals surface area contributed by atoms with Crippen LogP contribution in [0.15, 0.2) is 56.4 Å². The zero-order valence-electron chi connectivity index (χ0n) is 14.2. The van der Waals surface area contributed by atoms with Gasteiger partial charge in [0.05, 0.1) is 0 Å². The lowest BCUT2D eigenvalue weighted by molar-refractivity contribution is 0.519. The molecule has 0 aliphatic heterocycles. The molecular formula is C20H17NO2S2. The van der Waals surface area contributed by atoms with Gasteiger partial charge in [0.1, 0.15) is 10.2 Å². The molecule has 0 atom stereocenters. The molecule has 0 saturated heterocycles. The quantitative estimate of drug-likeness (QED) is 0.440. The van der Waals surface area contributed by atoms with Crippen molar-refractivity contribution >= 4 is 32.9 Å². The standard InChI is InChI=1S/C20H17NO2S2/c1-20(2,3)13-8-6-12(7-9-13)17-21-18-16(19(22)23-17)14(11-25-18)15-5-4-10-24-15/h4-11H,1-3H3. The van der Waals surface area contributed by atoms with Crippen molar-refractivity contribution < 1.29 is 4.42 Å². The largest absolute Gasteiger partial charge is 0.403 e. The highest BCUT2D eigenvalue weighted by atomic mass is 32.1. The maximum atomic E-state index is 12.6. The minimum atomic E-state index is -0.329. The van der Waals surface area contributed by atoms with Gasteiger partial charge in [0, 0.05) is 21.4 Å². The molecule has 4 rings (SSSR count). The zero-order chi connectivity index (χ0) is 17.6. The normalized spacial score (nSPS) is 12.0. The average molecular weight is 367 g/mol. The van der Waals surface area contributed by atoms with Crippen LogP contribution in [0.4, 0.5) is 0 Å². The van der Waals surface area contributed by atoms with Crippen LogP contribution in [0.1, 0.15) is 26.3 Å². The minimum Gasteiger partial charge on any atom is -0.403 e. The molecule has 3 aromatic heterocycles. The topological polar surface area (TPSA) is 43.1 Å². The van der Waals surface area contributed by atoms with Crippen molar-refractivity contribution in [2.45, 2.75) is 26.2 Å². The fourth-order valence-corrected chi connectivity index (χ4v) is 4.48. The zero-order valence-corrected chi connectivity index (χ0v) is 15.8. The van der Waals surface area contributed by atoms with E-state index in [9.17, 15) is 4.79 Å². The van der Waals surface area contributed by atoms with E-state index in [1.807, 2.05) is 35.0 Å². The monoisotopic (exact) mass is 367 g/mol. The van der Waals surface area contributed by atoms with E-state index in [1.165, 1.54) is 16.9 Å². The Hall–Kier alpha value is -2.24. The Balaban J connectivity index is 1.81. The molecule has 0 saturated carbocycles.